The van der Waals surface area contributed by atoms with Crippen molar-refractivity contribution in [3.05, 3.63) is 142 Å². The fourth-order valence-corrected chi connectivity index (χ4v) is 15.9. The lowest BCUT2D eigenvalue weighted by molar-refractivity contribution is -0.143. The number of aliphatic hydroxyl groups is 2. The average Bonchev–Trinajstić information content (AvgIpc) is 0.800. The molecular formula is C90H117N17O25S2. The van der Waals surface area contributed by atoms with Crippen LogP contribution in [0.25, 0.3) is 33.4 Å². The third-order valence-corrected chi connectivity index (χ3v) is 23.2. The number of aromatic carboxylic acids is 1. The lowest BCUT2D eigenvalue weighted by atomic mass is 9.90. The third-order valence-electron chi connectivity index (χ3n) is 21.8. The highest BCUT2D eigenvalue weighted by Crippen LogP contribution is 2.43. The van der Waals surface area contributed by atoms with Gasteiger partial charge in [0.05, 0.1) is 37.5 Å². The summed E-state index contributed by atoms with van der Waals surface area (Å²) >= 11 is 6.53. The van der Waals surface area contributed by atoms with E-state index >= 15 is 0 Å². The number of rotatable bonds is 52. The van der Waals surface area contributed by atoms with Gasteiger partial charge in [-0.15, -0.1) is 0 Å². The summed E-state index contributed by atoms with van der Waals surface area (Å²) in [5.41, 5.74) is 18.8. The van der Waals surface area contributed by atoms with Gasteiger partial charge in [-0.1, -0.05) is 115 Å². The first-order valence-corrected chi connectivity index (χ1v) is 45.0. The monoisotopic (exact) mass is 1900 g/mol. The quantitative estimate of drug-likeness (QED) is 0.0132. The summed E-state index contributed by atoms with van der Waals surface area (Å²) in [5.74, 6) is -21.6. The van der Waals surface area contributed by atoms with Gasteiger partial charge in [-0.2, -0.15) is 11.8 Å². The summed E-state index contributed by atoms with van der Waals surface area (Å²) in [7, 11) is 0. The highest BCUT2D eigenvalue weighted by molar-refractivity contribution is 7.98. The van der Waals surface area contributed by atoms with Gasteiger partial charge in [0.2, 0.25) is 82.7 Å². The Hall–Kier alpha value is -13.7. The molecule has 0 radical (unpaired) electrons. The van der Waals surface area contributed by atoms with Crippen molar-refractivity contribution in [1.29, 1.82) is 0 Å². The number of hydrogen-bond donors (Lipinski definition) is 22. The van der Waals surface area contributed by atoms with Crippen molar-refractivity contribution in [3.8, 4) is 28.2 Å². The van der Waals surface area contributed by atoms with Gasteiger partial charge in [-0.3, -0.25) is 81.5 Å². The van der Waals surface area contributed by atoms with Crippen molar-refractivity contribution >= 4 is 146 Å². The number of carbonyl (C=O) groups excluding carboxylic acids is 14. The van der Waals surface area contributed by atoms with Crippen molar-refractivity contribution in [2.75, 3.05) is 37.3 Å². The molecule has 0 bridgehead atoms. The minimum Gasteiger partial charge on any atom is -0.508 e. The third kappa shape index (κ3) is 32.3. The highest BCUT2D eigenvalue weighted by atomic mass is 32.2. The van der Waals surface area contributed by atoms with Gasteiger partial charge in [0.1, 0.15) is 89.6 Å². The maximum Gasteiger partial charge on any atom is 0.336 e. The molecule has 7 rings (SSSR count). The molecule has 14 atom stereocenters. The van der Waals surface area contributed by atoms with Gasteiger partial charge in [-0.25, -0.2) is 4.79 Å². The number of aliphatic carboxylic acids is 2. The number of unbranched alkanes of at least 4 members (excludes halogenated alkanes) is 1. The topological polar surface area (TPSA) is 679 Å². The lowest BCUT2D eigenvalue weighted by Crippen LogP contribution is -2.62. The number of primary amides is 2. The van der Waals surface area contributed by atoms with E-state index in [2.05, 4.69) is 69.1 Å². The van der Waals surface area contributed by atoms with Gasteiger partial charge in [0, 0.05) is 71.8 Å². The summed E-state index contributed by atoms with van der Waals surface area (Å²) in [6.07, 6.45) is -4.42. The number of phenols is 1. The van der Waals surface area contributed by atoms with Crippen molar-refractivity contribution in [3.63, 3.8) is 0 Å². The molecule has 1 fully saturated rings. The molecule has 42 nitrogen and oxygen atoms in total. The number of aliphatic hydroxyl groups excluding tert-OH is 2. The molecule has 3 aliphatic rings. The Morgan fingerprint density at radius 2 is 1.10 bits per heavy atom. The van der Waals surface area contributed by atoms with E-state index < -0.39 is 223 Å². The normalized spacial score (nSPS) is 15.3. The molecule has 0 saturated carbocycles. The smallest absolute Gasteiger partial charge is 0.336 e. The number of aromatic hydroxyl groups is 1. The summed E-state index contributed by atoms with van der Waals surface area (Å²) < 4.78 is 5.91. The van der Waals surface area contributed by atoms with E-state index in [4.69, 9.17) is 33.8 Å². The van der Waals surface area contributed by atoms with Crippen molar-refractivity contribution < 1.29 is 117 Å². The van der Waals surface area contributed by atoms with Crippen LogP contribution in [0.15, 0.2) is 124 Å². The number of amides is 14. The second-order valence-electron chi connectivity index (χ2n) is 33.1. The van der Waals surface area contributed by atoms with Crippen molar-refractivity contribution in [2.24, 2.45) is 35.0 Å². The first-order valence-electron chi connectivity index (χ1n) is 43.4. The van der Waals surface area contributed by atoms with Crippen molar-refractivity contribution in [1.82, 2.24) is 68.7 Å². The molecule has 0 unspecified atom stereocenters. The van der Waals surface area contributed by atoms with Crippen LogP contribution >= 0.6 is 24.0 Å². The maximum atomic E-state index is 14.9. The van der Waals surface area contributed by atoms with Crippen LogP contribution in [0.4, 0.5) is 5.69 Å². The molecule has 2 heterocycles. The van der Waals surface area contributed by atoms with Gasteiger partial charge in [0.25, 0.3) is 0 Å². The molecule has 25 N–H and O–H groups in total. The SMILES string of the molecule is CC[C@H](C)[C@H](NC(=O)[C@H](CC(=O)O)NC(=O)[C@H](CO)NC(=O)CCNC(=S)Nc1ccc(-c2c3ccc(=O)cc-3oc3cc(O)ccc23)c(C(=O)O)c1)C(=O)N[C@@H](CSCc1ccccc1)C(=O)N[C@@H](CC(=O)O)C(=O)N[C@@H](Cc1ccccc1)C(=O)N[C@H](C(=O)N[C@@H](CC(C)C)C(=O)N[C@@H](CCCCN)C(=O)N[C@@H](CC(N)=O)C(=O)N[C@H](C(=O)N1CCC[C@H]1C(N)=O)[C@@H](C)O)C(C)C. The van der Waals surface area contributed by atoms with Gasteiger partial charge >= 0.3 is 17.9 Å². The molecule has 134 heavy (non-hydrogen) atoms. The molecule has 0 spiro atoms. The number of carbonyl (C=O) groups is 17. The molecule has 14 amide bonds. The summed E-state index contributed by atoms with van der Waals surface area (Å²) in [6, 6.07) is 9.39. The number of likely N-dealkylation sites (tertiary alicyclic amines) is 1. The van der Waals surface area contributed by atoms with Crippen LogP contribution in [0.3, 0.4) is 0 Å². The largest absolute Gasteiger partial charge is 0.508 e. The van der Waals surface area contributed by atoms with Crippen LogP contribution < -0.4 is 91.7 Å². The number of benzene rings is 5. The second-order valence-corrected chi connectivity index (χ2v) is 34.6. The minimum absolute atomic E-state index is 0.0656. The average molecular weight is 1900 g/mol. The molecule has 0 aromatic heterocycles. The molecule has 4 aromatic carbocycles. The fraction of sp³-hybridized carbons (Fsp3) is 0.456. The predicted molar refractivity (Wildman–Crippen MR) is 494 cm³/mol. The standard InChI is InChI=1S/C90H117N17O25S2/c1-8-47(6)75(105-83(124)63(41-72(116)117)100-84(125)64(42-108)96-70(113)30-32-94-90(133)95-51-24-27-54(57(36-51)89(130)131)73-55-28-25-52(110)37-67(55)132-68-38-53(111)26-29-56(68)73)87(128)103-65(44-134-43-50-20-13-10-14-21-50)85(126)101-62(40-71(114)115)80(121)98-60(35-49-18-11-9-12-19-49)81(122)104-74(46(4)5)86(127)102-59(34-45(2)3)79(120)97-58(22-15-16-31-91)78(119)99-61(39-69(92)112)82(123)106-76(48(7)109)88(129)107-33-17-23-66(107)77(93)118/h9-14,18-21,24-29,36-38,45-48,58-66,74-76,108-110H,8,15-17,22-23,30-35,39-44,91H2,1-7H3,(H2,92,112)(H2,93,118)(H,96,113)(H,97,120)(H,98,121)(H,99,119)(H,100,125)(H,101,126)(H,102,127)(H,103,128)(H,104,122)(H,105,124)(H,106,123)(H,114,115)(H,116,117)(H,130,131)(H2,94,95,133)/t47-,48+,58-,59-,60-,61-,62-,63-,64-,65-,66-,74-,75-,76-/m0/s1. The maximum absolute atomic E-state index is 14.9. The zero-order chi connectivity index (χ0) is 98.9. The lowest BCUT2D eigenvalue weighted by Gasteiger charge is -2.31. The number of fused-ring (bicyclic) bond motifs is 2. The predicted octanol–water partition coefficient (Wildman–Crippen LogP) is -0.295. The van der Waals surface area contributed by atoms with Crippen molar-refractivity contribution in [2.45, 2.75) is 210 Å². The van der Waals surface area contributed by atoms with E-state index in [-0.39, 0.29) is 120 Å². The Morgan fingerprint density at radius 1 is 0.567 bits per heavy atom. The number of nitrogens with zero attached hydrogens (tertiary/aromatic N) is 1. The molecule has 4 aromatic rings. The summed E-state index contributed by atoms with van der Waals surface area (Å²) in [4.78, 5) is 248. The minimum atomic E-state index is -2.04. The zero-order valence-electron chi connectivity index (χ0n) is 74.9. The number of carboxylic acid groups (broad SMARTS) is 3. The van der Waals surface area contributed by atoms with E-state index in [0.717, 1.165) is 22.2 Å². The van der Waals surface area contributed by atoms with Crippen LogP contribution in [0.1, 0.15) is 141 Å². The second kappa shape index (κ2) is 51.9. The molecule has 1 aliphatic carbocycles. The number of nitrogens with two attached hydrogens (primary N) is 3. The number of thioether (sulfide) groups is 1. The van der Waals surface area contributed by atoms with E-state index in [1.807, 2.05) is 0 Å². The van der Waals surface area contributed by atoms with Crippen LogP contribution in [0.2, 0.25) is 0 Å². The van der Waals surface area contributed by atoms with Crippen LogP contribution in [-0.2, 0) is 88.9 Å². The van der Waals surface area contributed by atoms with E-state index in [1.165, 1.54) is 68.4 Å². The highest BCUT2D eigenvalue weighted by Gasteiger charge is 2.43. The molecule has 1 saturated heterocycles. The van der Waals surface area contributed by atoms with Gasteiger partial charge in [0.15, 0.2) is 10.5 Å². The number of hydrogen-bond acceptors (Lipinski definition) is 25. The van der Waals surface area contributed by atoms with Crippen LogP contribution in [0, 0.1) is 17.8 Å². The van der Waals surface area contributed by atoms with Crippen LogP contribution in [-0.4, -0.2) is 252 Å². The van der Waals surface area contributed by atoms with Gasteiger partial charge in [-0.05, 0) is 135 Å². The first-order chi connectivity index (χ1) is 63.5. The number of phenolic OH excluding ortho intramolecular Hbond substituents is 1. The summed E-state index contributed by atoms with van der Waals surface area (Å²) in [5, 5.41) is 95.2. The van der Waals surface area contributed by atoms with E-state index in [1.54, 1.807) is 95.3 Å². The Kier molecular flexibility index (Phi) is 41.6. The first kappa shape index (κ1) is 107. The zero-order valence-corrected chi connectivity index (χ0v) is 76.5. The Balaban J connectivity index is 1.03. The number of carboxylic acids is 3. The van der Waals surface area contributed by atoms with Crippen LogP contribution in [0.5, 0.6) is 5.75 Å². The fourth-order valence-electron chi connectivity index (χ4n) is 14.6. The molecule has 724 valence electrons. The molecule has 44 heteroatoms. The van der Waals surface area contributed by atoms with E-state index in [0.29, 0.717) is 34.9 Å². The van der Waals surface area contributed by atoms with Gasteiger partial charge < -0.3 is 126 Å². The Labute approximate surface area is 780 Å². The molecular weight excluding hydrogens is 1780 g/mol. The van der Waals surface area contributed by atoms with E-state index in [9.17, 15) is 117 Å². The Bertz CT molecular complexity index is 5260. The summed E-state index contributed by atoms with van der Waals surface area (Å²) in [6.45, 7) is 9.71. The molecule has 2 aliphatic heterocycles. The Morgan fingerprint density at radius 3 is 1.67 bits per heavy atom. The number of nitrogens with one attached hydrogen (secondary N) is 13. The number of thiocarbonyl (C=S) groups is 1. The number of anilines is 1.